The number of aromatic amines is 1. The molecule has 2 rings (SSSR count). The average molecular weight is 190 g/mol. The van der Waals surface area contributed by atoms with E-state index >= 15 is 0 Å². The number of aryl methyl sites for hydroxylation is 1. The molecule has 0 aliphatic rings. The molecule has 3 heteroatoms. The van der Waals surface area contributed by atoms with E-state index in [4.69, 9.17) is 0 Å². The van der Waals surface area contributed by atoms with Gasteiger partial charge in [0.05, 0.1) is 0 Å². The number of hydrogen-bond acceptors (Lipinski definition) is 2. The van der Waals surface area contributed by atoms with Crippen molar-refractivity contribution >= 4 is 12.6 Å². The van der Waals surface area contributed by atoms with E-state index in [2.05, 4.69) is 28.7 Å². The van der Waals surface area contributed by atoms with Crippen molar-refractivity contribution in [1.29, 1.82) is 0 Å². The third kappa shape index (κ3) is 1.60. The van der Waals surface area contributed by atoms with Crippen LogP contribution in [-0.4, -0.2) is 9.97 Å². The van der Waals surface area contributed by atoms with E-state index in [0.717, 1.165) is 16.3 Å². The third-order valence-corrected chi connectivity index (χ3v) is 2.28. The van der Waals surface area contributed by atoms with E-state index < -0.39 is 0 Å². The summed E-state index contributed by atoms with van der Waals surface area (Å²) in [6.45, 7) is 2.05. The van der Waals surface area contributed by atoms with Gasteiger partial charge in [-0.15, -0.1) is 12.6 Å². The maximum absolute atomic E-state index is 4.39. The highest BCUT2D eigenvalue weighted by molar-refractivity contribution is 7.80. The van der Waals surface area contributed by atoms with Gasteiger partial charge >= 0.3 is 0 Å². The minimum Gasteiger partial charge on any atom is -0.345 e. The molecule has 1 aromatic carbocycles. The van der Waals surface area contributed by atoms with Crippen LogP contribution in [0.15, 0.2) is 35.5 Å². The van der Waals surface area contributed by atoms with Crippen molar-refractivity contribution in [3.63, 3.8) is 0 Å². The summed E-state index contributed by atoms with van der Waals surface area (Å²) in [5.41, 5.74) is 2.25. The number of imidazole rings is 1. The van der Waals surface area contributed by atoms with Crippen LogP contribution < -0.4 is 0 Å². The molecule has 0 aliphatic heterocycles. The summed E-state index contributed by atoms with van der Waals surface area (Å²) in [5, 5.41) is 0. The molecule has 66 valence electrons. The Morgan fingerprint density at radius 2 is 2.23 bits per heavy atom. The molecule has 0 unspecified atom stereocenters. The van der Waals surface area contributed by atoms with Gasteiger partial charge in [-0.05, 0) is 24.6 Å². The SMILES string of the molecule is Cc1ccc(-c2ncc[nH]2)c(S)c1. The normalized spacial score (nSPS) is 10.3. The fraction of sp³-hybridized carbons (Fsp3) is 0.100. The minimum atomic E-state index is 0.866. The molecule has 0 amide bonds. The first-order chi connectivity index (χ1) is 6.27. The fourth-order valence-electron chi connectivity index (χ4n) is 1.25. The molecule has 0 bridgehead atoms. The summed E-state index contributed by atoms with van der Waals surface area (Å²) in [7, 11) is 0. The number of hydrogen-bond donors (Lipinski definition) is 2. The number of nitrogens with zero attached hydrogens (tertiary/aromatic N) is 1. The maximum Gasteiger partial charge on any atom is 0.138 e. The molecular formula is C10H10N2S. The van der Waals surface area contributed by atoms with Gasteiger partial charge in [-0.1, -0.05) is 6.07 Å². The Hall–Kier alpha value is -1.22. The lowest BCUT2D eigenvalue weighted by Gasteiger charge is -2.02. The summed E-state index contributed by atoms with van der Waals surface area (Å²) in [5.74, 6) is 0.866. The van der Waals surface area contributed by atoms with Crippen molar-refractivity contribution < 1.29 is 0 Å². The number of rotatable bonds is 1. The quantitative estimate of drug-likeness (QED) is 0.665. The monoisotopic (exact) mass is 190 g/mol. The van der Waals surface area contributed by atoms with Gasteiger partial charge < -0.3 is 4.98 Å². The number of H-pyrrole nitrogens is 1. The number of thiol groups is 1. The van der Waals surface area contributed by atoms with Gasteiger partial charge in [-0.2, -0.15) is 0 Å². The maximum atomic E-state index is 4.39. The lowest BCUT2D eigenvalue weighted by molar-refractivity contribution is 1.26. The highest BCUT2D eigenvalue weighted by Crippen LogP contribution is 2.23. The van der Waals surface area contributed by atoms with Gasteiger partial charge in [-0.25, -0.2) is 4.98 Å². The van der Waals surface area contributed by atoms with Gasteiger partial charge in [0, 0.05) is 22.9 Å². The molecular weight excluding hydrogens is 180 g/mol. The molecule has 0 atom stereocenters. The van der Waals surface area contributed by atoms with Gasteiger partial charge in [0.25, 0.3) is 0 Å². The molecule has 2 aromatic rings. The fourth-order valence-corrected chi connectivity index (χ4v) is 1.64. The Morgan fingerprint density at radius 3 is 2.85 bits per heavy atom. The number of aromatic nitrogens is 2. The van der Waals surface area contributed by atoms with E-state index in [-0.39, 0.29) is 0 Å². The number of benzene rings is 1. The summed E-state index contributed by atoms with van der Waals surface area (Å²) < 4.78 is 0. The number of nitrogens with one attached hydrogen (secondary N) is 1. The van der Waals surface area contributed by atoms with Crippen LogP contribution in [0.25, 0.3) is 11.4 Å². The van der Waals surface area contributed by atoms with E-state index in [1.165, 1.54) is 5.56 Å². The van der Waals surface area contributed by atoms with Crippen molar-refractivity contribution in [3.05, 3.63) is 36.2 Å². The van der Waals surface area contributed by atoms with Crippen LogP contribution in [0.3, 0.4) is 0 Å². The molecule has 0 saturated heterocycles. The van der Waals surface area contributed by atoms with Gasteiger partial charge in [0.2, 0.25) is 0 Å². The Bertz CT molecular complexity index is 407. The van der Waals surface area contributed by atoms with E-state index in [0.29, 0.717) is 0 Å². The second-order valence-corrected chi connectivity index (χ2v) is 3.44. The molecule has 1 aromatic heterocycles. The van der Waals surface area contributed by atoms with Crippen molar-refractivity contribution in [2.45, 2.75) is 11.8 Å². The summed E-state index contributed by atoms with van der Waals surface area (Å²) >= 11 is 4.39. The third-order valence-electron chi connectivity index (χ3n) is 1.91. The van der Waals surface area contributed by atoms with Crippen LogP contribution in [0.1, 0.15) is 5.56 Å². The zero-order valence-corrected chi connectivity index (χ0v) is 8.18. The summed E-state index contributed by atoms with van der Waals surface area (Å²) in [6.07, 6.45) is 3.55. The lowest BCUT2D eigenvalue weighted by atomic mass is 10.1. The Balaban J connectivity index is 2.53. The van der Waals surface area contributed by atoms with E-state index in [1.54, 1.807) is 6.20 Å². The predicted octanol–water partition coefficient (Wildman–Crippen LogP) is 2.67. The molecule has 0 aliphatic carbocycles. The molecule has 1 heterocycles. The highest BCUT2D eigenvalue weighted by Gasteiger charge is 2.03. The van der Waals surface area contributed by atoms with Crippen LogP contribution in [0.4, 0.5) is 0 Å². The van der Waals surface area contributed by atoms with Gasteiger partial charge in [-0.3, -0.25) is 0 Å². The Kier molecular flexibility index (Phi) is 2.10. The molecule has 0 saturated carbocycles. The zero-order chi connectivity index (χ0) is 9.26. The molecule has 2 nitrogen and oxygen atoms in total. The second kappa shape index (κ2) is 3.26. The van der Waals surface area contributed by atoms with Crippen molar-refractivity contribution in [3.8, 4) is 11.4 Å². The van der Waals surface area contributed by atoms with Crippen LogP contribution in [0, 0.1) is 6.92 Å². The van der Waals surface area contributed by atoms with Crippen LogP contribution >= 0.6 is 12.6 Å². The van der Waals surface area contributed by atoms with Crippen molar-refractivity contribution in [1.82, 2.24) is 9.97 Å². The first kappa shape index (κ1) is 8.38. The first-order valence-electron chi connectivity index (χ1n) is 4.07. The Morgan fingerprint density at radius 1 is 1.38 bits per heavy atom. The molecule has 1 N–H and O–H groups in total. The van der Waals surface area contributed by atoms with Crippen molar-refractivity contribution in [2.75, 3.05) is 0 Å². The van der Waals surface area contributed by atoms with Gasteiger partial charge in [0.1, 0.15) is 5.82 Å². The highest BCUT2D eigenvalue weighted by atomic mass is 32.1. The zero-order valence-electron chi connectivity index (χ0n) is 7.28. The molecule has 0 radical (unpaired) electrons. The van der Waals surface area contributed by atoms with Crippen molar-refractivity contribution in [2.24, 2.45) is 0 Å². The topological polar surface area (TPSA) is 28.7 Å². The standard InChI is InChI=1S/C10H10N2S/c1-7-2-3-8(9(13)6-7)10-11-4-5-12-10/h2-6,13H,1H3,(H,11,12). The molecule has 0 spiro atoms. The molecule has 0 fully saturated rings. The first-order valence-corrected chi connectivity index (χ1v) is 4.51. The minimum absolute atomic E-state index is 0.866. The summed E-state index contributed by atoms with van der Waals surface area (Å²) in [4.78, 5) is 8.18. The van der Waals surface area contributed by atoms with Crippen LogP contribution in [0.2, 0.25) is 0 Å². The second-order valence-electron chi connectivity index (χ2n) is 2.96. The van der Waals surface area contributed by atoms with Gasteiger partial charge in [0.15, 0.2) is 0 Å². The average Bonchev–Trinajstić information content (AvgIpc) is 2.56. The van der Waals surface area contributed by atoms with E-state index in [9.17, 15) is 0 Å². The van der Waals surface area contributed by atoms with Crippen LogP contribution in [-0.2, 0) is 0 Å². The largest absolute Gasteiger partial charge is 0.345 e. The lowest BCUT2D eigenvalue weighted by Crippen LogP contribution is -1.83. The molecule has 13 heavy (non-hydrogen) atoms. The van der Waals surface area contributed by atoms with Crippen LogP contribution in [0.5, 0.6) is 0 Å². The Labute approximate surface area is 82.4 Å². The smallest absolute Gasteiger partial charge is 0.138 e. The summed E-state index contributed by atoms with van der Waals surface area (Å²) in [6, 6.07) is 6.11. The predicted molar refractivity (Wildman–Crippen MR) is 56.0 cm³/mol. The van der Waals surface area contributed by atoms with E-state index in [1.807, 2.05) is 25.3 Å².